The molecular weight excluding hydrogens is 662 g/mol. The van der Waals surface area contributed by atoms with Gasteiger partial charge in [-0.05, 0) is 97.7 Å². The van der Waals surface area contributed by atoms with E-state index in [1.807, 2.05) is 6.92 Å². The molecule has 12 heteroatoms. The monoisotopic (exact) mass is 697 g/mol. The summed E-state index contributed by atoms with van der Waals surface area (Å²) in [7, 11) is -2.64. The molecule has 1 amide bonds. The number of nitrogens with one attached hydrogen (secondary N) is 2. The molecule has 0 unspecified atom stereocenters. The summed E-state index contributed by atoms with van der Waals surface area (Å²) in [6.07, 6.45) is 0.764. The van der Waals surface area contributed by atoms with E-state index in [1.54, 1.807) is 12.1 Å². The predicted octanol–water partition coefficient (Wildman–Crippen LogP) is 5.10. The number of aryl methyl sites for hydroxylation is 1. The van der Waals surface area contributed by atoms with Crippen LogP contribution < -0.4 is 21.5 Å². The maximum Gasteiger partial charge on any atom is 0.328 e. The third-order valence-corrected chi connectivity index (χ3v) is 10.6. The number of benzene rings is 6. The Morgan fingerprint density at radius 3 is 2.00 bits per heavy atom. The van der Waals surface area contributed by atoms with E-state index < -0.39 is 34.0 Å². The summed E-state index contributed by atoms with van der Waals surface area (Å²) in [6, 6.07) is 23.7. The van der Waals surface area contributed by atoms with E-state index in [-0.39, 0.29) is 42.6 Å². The molecule has 2 atom stereocenters. The van der Waals surface area contributed by atoms with E-state index in [0.717, 1.165) is 21.9 Å². The van der Waals surface area contributed by atoms with Crippen molar-refractivity contribution in [3.05, 3.63) is 90.0 Å². The molecule has 0 heterocycles. The summed E-state index contributed by atoms with van der Waals surface area (Å²) < 4.78 is 32.3. The second-order valence-electron chi connectivity index (χ2n) is 12.3. The maximum absolute atomic E-state index is 13.4. The average Bonchev–Trinajstić information content (AvgIpc) is 3.44. The van der Waals surface area contributed by atoms with Gasteiger partial charge in [0.05, 0.1) is 18.0 Å². The van der Waals surface area contributed by atoms with Gasteiger partial charge in [0, 0.05) is 6.54 Å². The molecule has 0 saturated carbocycles. The first-order chi connectivity index (χ1) is 23.1. The first-order valence-electron chi connectivity index (χ1n) is 15.8. The maximum atomic E-state index is 13.4. The van der Waals surface area contributed by atoms with Crippen molar-refractivity contribution in [2.24, 2.45) is 16.5 Å². The number of esters is 1. The topological polar surface area (TPSA) is 166 Å². The molecule has 0 bridgehead atoms. The minimum absolute atomic E-state index is 0. The fraction of sp³-hybridized carbons (Fsp3) is 0.216. The highest BCUT2D eigenvalue weighted by molar-refractivity contribution is 7.90. The van der Waals surface area contributed by atoms with Gasteiger partial charge in [-0.2, -0.15) is 0 Å². The van der Waals surface area contributed by atoms with Gasteiger partial charge in [-0.1, -0.05) is 72.3 Å². The van der Waals surface area contributed by atoms with Gasteiger partial charge >= 0.3 is 5.97 Å². The number of halogens is 1. The van der Waals surface area contributed by atoms with Crippen LogP contribution in [0.5, 0.6) is 0 Å². The molecule has 7 rings (SSSR count). The standard InChI is InChI=1S/C37H35N5O5S.ClH/c1-20-5-14-26(15-6-20)48(45,46)42-37(39)40-17-3-4-29(36(44)47-2)41-35(43)28(38)19-25-18-24-12-11-22-8-7-21-9-10-23-13-16-27(25)34-32(23)30(21)31(22)33(24)34;/h5-16,18,28-29H,3-4,17,19,38H2,1-2H3,(H,41,43)(H3,39,40,42);1H/t28-,29-;/m0./s1. The van der Waals surface area contributed by atoms with E-state index in [1.165, 1.54) is 62.3 Å². The number of guanidine groups is 1. The third-order valence-electron chi connectivity index (χ3n) is 9.19. The van der Waals surface area contributed by atoms with Gasteiger partial charge in [-0.3, -0.25) is 9.79 Å². The minimum atomic E-state index is -3.89. The smallest absolute Gasteiger partial charge is 0.328 e. The molecule has 0 aromatic heterocycles. The summed E-state index contributed by atoms with van der Waals surface area (Å²) in [5, 5.41) is 14.7. The third kappa shape index (κ3) is 6.09. The number of methoxy groups -OCH3 is 1. The second-order valence-corrected chi connectivity index (χ2v) is 14.0. The van der Waals surface area contributed by atoms with Crippen molar-refractivity contribution in [3.63, 3.8) is 0 Å². The molecular formula is C37H36ClN5O5S. The van der Waals surface area contributed by atoms with E-state index in [4.69, 9.17) is 16.2 Å². The molecule has 252 valence electrons. The van der Waals surface area contributed by atoms with Gasteiger partial charge in [0.2, 0.25) is 11.9 Å². The molecule has 0 aliphatic carbocycles. The van der Waals surface area contributed by atoms with E-state index in [0.29, 0.717) is 6.42 Å². The lowest BCUT2D eigenvalue weighted by molar-refractivity contribution is -0.145. The molecule has 7 aromatic rings. The van der Waals surface area contributed by atoms with Gasteiger partial charge in [0.15, 0.2) is 0 Å². The van der Waals surface area contributed by atoms with Crippen LogP contribution >= 0.6 is 12.4 Å². The van der Waals surface area contributed by atoms with Crippen molar-refractivity contribution < 1.29 is 22.7 Å². The number of hydrogen-bond acceptors (Lipinski definition) is 7. The predicted molar refractivity (Wildman–Crippen MR) is 198 cm³/mol. The Hall–Kier alpha value is -4.97. The molecule has 0 spiro atoms. The van der Waals surface area contributed by atoms with Gasteiger partial charge in [-0.25, -0.2) is 17.9 Å². The molecule has 0 saturated heterocycles. The number of carbonyl (C=O) groups is 2. The molecule has 6 N–H and O–H groups in total. The molecule has 49 heavy (non-hydrogen) atoms. The number of carbonyl (C=O) groups excluding carboxylic acids is 2. The molecule has 10 nitrogen and oxygen atoms in total. The van der Waals surface area contributed by atoms with Crippen LogP contribution in [0.2, 0.25) is 0 Å². The lowest BCUT2D eigenvalue weighted by Crippen LogP contribution is -2.49. The molecule has 0 fully saturated rings. The number of ether oxygens (including phenoxy) is 1. The Morgan fingerprint density at radius 1 is 0.837 bits per heavy atom. The van der Waals surface area contributed by atoms with Crippen molar-refractivity contribution in [2.75, 3.05) is 13.7 Å². The van der Waals surface area contributed by atoms with Crippen molar-refractivity contribution in [2.45, 2.75) is 43.2 Å². The van der Waals surface area contributed by atoms with Crippen LogP contribution in [-0.4, -0.2) is 52.0 Å². The Morgan fingerprint density at radius 2 is 1.39 bits per heavy atom. The highest BCUT2D eigenvalue weighted by Gasteiger charge is 2.26. The normalized spacial score (nSPS) is 13.7. The number of nitrogens with zero attached hydrogens (tertiary/aromatic N) is 1. The van der Waals surface area contributed by atoms with Crippen LogP contribution in [-0.2, 0) is 30.8 Å². The van der Waals surface area contributed by atoms with E-state index >= 15 is 0 Å². The fourth-order valence-electron chi connectivity index (χ4n) is 6.86. The first kappa shape index (κ1) is 33.9. The molecule has 7 aromatic carbocycles. The van der Waals surface area contributed by atoms with Crippen molar-refractivity contribution in [1.82, 2.24) is 10.0 Å². The zero-order valence-corrected chi connectivity index (χ0v) is 28.6. The number of sulfonamides is 1. The quantitative estimate of drug-likeness (QED) is 0.0480. The molecule has 0 aliphatic heterocycles. The van der Waals surface area contributed by atoms with Gasteiger partial charge in [0.25, 0.3) is 10.0 Å². The van der Waals surface area contributed by atoms with E-state index in [9.17, 15) is 18.0 Å². The van der Waals surface area contributed by atoms with Crippen LogP contribution in [0.3, 0.4) is 0 Å². The van der Waals surface area contributed by atoms with Gasteiger partial charge in [-0.15, -0.1) is 12.4 Å². The summed E-state index contributed by atoms with van der Waals surface area (Å²) >= 11 is 0. The van der Waals surface area contributed by atoms with Gasteiger partial charge in [0.1, 0.15) is 6.04 Å². The lowest BCUT2D eigenvalue weighted by Gasteiger charge is -2.20. The second kappa shape index (κ2) is 13.1. The summed E-state index contributed by atoms with van der Waals surface area (Å²) in [5.41, 5.74) is 14.2. The van der Waals surface area contributed by atoms with Crippen molar-refractivity contribution in [3.8, 4) is 0 Å². The Labute approximate surface area is 289 Å². The zero-order chi connectivity index (χ0) is 33.7. The Balaban J connectivity index is 0.00000417. The van der Waals surface area contributed by atoms with Crippen LogP contribution in [0.1, 0.15) is 24.0 Å². The lowest BCUT2D eigenvalue weighted by atomic mass is 9.92. The first-order valence-corrected chi connectivity index (χ1v) is 17.2. The summed E-state index contributed by atoms with van der Waals surface area (Å²) in [4.78, 5) is 30.1. The molecule has 0 radical (unpaired) electrons. The zero-order valence-electron chi connectivity index (χ0n) is 26.9. The minimum Gasteiger partial charge on any atom is -0.467 e. The number of nitrogens with two attached hydrogens (primary N) is 2. The fourth-order valence-corrected chi connectivity index (χ4v) is 7.81. The number of amides is 1. The number of hydrogen-bond donors (Lipinski definition) is 4. The number of rotatable bonds is 11. The highest BCUT2D eigenvalue weighted by Crippen LogP contribution is 2.48. The average molecular weight is 698 g/mol. The van der Waals surface area contributed by atoms with Crippen LogP contribution in [0.25, 0.3) is 53.9 Å². The Bertz CT molecular complexity index is 2410. The van der Waals surface area contributed by atoms with Gasteiger partial charge < -0.3 is 21.5 Å². The Kier molecular flexibility index (Phi) is 9.10. The van der Waals surface area contributed by atoms with Crippen molar-refractivity contribution >= 4 is 94.1 Å². The summed E-state index contributed by atoms with van der Waals surface area (Å²) in [6.45, 7) is 1.96. The number of aliphatic imine (C=N–C) groups is 1. The van der Waals surface area contributed by atoms with Crippen molar-refractivity contribution in [1.29, 1.82) is 0 Å². The van der Waals surface area contributed by atoms with E-state index in [2.05, 4.69) is 69.6 Å². The molecule has 0 aliphatic rings. The highest BCUT2D eigenvalue weighted by atomic mass is 35.5. The largest absolute Gasteiger partial charge is 0.467 e. The van der Waals surface area contributed by atoms with Crippen LogP contribution in [0, 0.1) is 6.92 Å². The summed E-state index contributed by atoms with van der Waals surface area (Å²) in [5.74, 6) is -1.38. The SMILES string of the molecule is COC(=O)[C@H](CCCN=C(N)NS(=O)(=O)c1ccc(C)cc1)NC(=O)[C@@H](N)Cc1cc2ccc3ccc4ccc5ccc1c1c5c4c3c21.Cl. The van der Waals surface area contributed by atoms with Crippen LogP contribution in [0.4, 0.5) is 0 Å². The van der Waals surface area contributed by atoms with Crippen LogP contribution in [0.15, 0.2) is 88.8 Å².